The van der Waals surface area contributed by atoms with Gasteiger partial charge in [0.05, 0.1) is 0 Å². The van der Waals surface area contributed by atoms with Crippen molar-refractivity contribution >= 4 is 17.9 Å². The first kappa shape index (κ1) is 30.9. The van der Waals surface area contributed by atoms with Gasteiger partial charge in [-0.05, 0) is 59.1 Å². The van der Waals surface area contributed by atoms with E-state index < -0.39 is 23.8 Å². The highest BCUT2D eigenvalue weighted by Gasteiger charge is 2.35. The van der Waals surface area contributed by atoms with E-state index in [1.807, 2.05) is 69.3 Å². The summed E-state index contributed by atoms with van der Waals surface area (Å²) in [7, 11) is 0. The number of nitrogens with zero attached hydrogens (tertiary/aromatic N) is 1. The third-order valence-electron chi connectivity index (χ3n) is 6.09. The molecular weight excluding hydrogens is 478 g/mol. The number of amides is 3. The van der Waals surface area contributed by atoms with E-state index in [0.717, 1.165) is 41.5 Å². The van der Waals surface area contributed by atoms with Crippen LogP contribution in [0.4, 0.5) is 4.79 Å². The van der Waals surface area contributed by atoms with Crippen LogP contribution in [0.1, 0.15) is 82.2 Å². The average molecular weight is 524 g/mol. The fourth-order valence-electron chi connectivity index (χ4n) is 4.49. The molecule has 0 heterocycles. The maximum atomic E-state index is 14.1. The van der Waals surface area contributed by atoms with Crippen LogP contribution >= 0.6 is 0 Å². The molecule has 0 spiro atoms. The van der Waals surface area contributed by atoms with Gasteiger partial charge in [0, 0.05) is 19.5 Å². The fraction of sp³-hybridized carbons (Fsp3) is 0.516. The van der Waals surface area contributed by atoms with Crippen molar-refractivity contribution in [1.29, 1.82) is 0 Å². The summed E-state index contributed by atoms with van der Waals surface area (Å²) < 4.78 is 5.47. The van der Waals surface area contributed by atoms with Crippen molar-refractivity contribution in [3.8, 4) is 0 Å². The normalized spacial score (nSPS) is 12.8. The molecule has 0 aliphatic heterocycles. The smallest absolute Gasteiger partial charge is 0.408 e. The third-order valence-corrected chi connectivity index (χ3v) is 6.09. The number of aryl methyl sites for hydroxylation is 2. The SMILES string of the molecule is CCCCCNC(=O)C(c1cc(C)cc(C)c1)N(CC)C(=O)C(Cc1ccccc1)NC(=O)OC(C)(C)C. The van der Waals surface area contributed by atoms with Crippen molar-refractivity contribution in [3.05, 3.63) is 70.8 Å². The number of benzene rings is 2. The Morgan fingerprint density at radius 1 is 0.947 bits per heavy atom. The van der Waals surface area contributed by atoms with Crippen molar-refractivity contribution < 1.29 is 19.1 Å². The number of hydrogen-bond acceptors (Lipinski definition) is 4. The molecule has 0 radical (unpaired) electrons. The van der Waals surface area contributed by atoms with Gasteiger partial charge in [-0.15, -0.1) is 0 Å². The summed E-state index contributed by atoms with van der Waals surface area (Å²) in [5.41, 5.74) is 2.96. The molecule has 0 fully saturated rings. The van der Waals surface area contributed by atoms with Crippen molar-refractivity contribution in [2.24, 2.45) is 0 Å². The van der Waals surface area contributed by atoms with Crippen LogP contribution in [0.2, 0.25) is 0 Å². The number of unbranched alkanes of at least 4 members (excludes halogenated alkanes) is 2. The topological polar surface area (TPSA) is 87.7 Å². The standard InChI is InChI=1S/C31H45N3O4/c1-8-10-14-17-32-28(35)27(25-19-22(3)18-23(4)20-25)34(9-2)29(36)26(21-24-15-12-11-13-16-24)33-30(37)38-31(5,6)7/h11-13,15-16,18-20,26-27H,8-10,14,17,21H2,1-7H3,(H,32,35)(H,33,37). The van der Waals surface area contributed by atoms with E-state index in [1.54, 1.807) is 25.7 Å². The van der Waals surface area contributed by atoms with E-state index in [-0.39, 0.29) is 18.2 Å². The molecule has 7 heteroatoms. The van der Waals surface area contributed by atoms with Crippen LogP contribution in [0.25, 0.3) is 0 Å². The second-order valence-electron chi connectivity index (χ2n) is 10.8. The molecule has 38 heavy (non-hydrogen) atoms. The van der Waals surface area contributed by atoms with Crippen LogP contribution in [0.3, 0.4) is 0 Å². The van der Waals surface area contributed by atoms with E-state index in [9.17, 15) is 14.4 Å². The molecular formula is C31H45N3O4. The number of carbonyl (C=O) groups is 3. The van der Waals surface area contributed by atoms with Crippen molar-refractivity contribution in [3.63, 3.8) is 0 Å². The van der Waals surface area contributed by atoms with Crippen LogP contribution in [0.15, 0.2) is 48.5 Å². The van der Waals surface area contributed by atoms with E-state index in [0.29, 0.717) is 13.1 Å². The van der Waals surface area contributed by atoms with E-state index in [4.69, 9.17) is 4.74 Å². The van der Waals surface area contributed by atoms with Crippen LogP contribution < -0.4 is 10.6 Å². The Bertz CT molecular complexity index is 1040. The first-order valence-electron chi connectivity index (χ1n) is 13.6. The molecule has 0 bridgehead atoms. The van der Waals surface area contributed by atoms with Crippen LogP contribution in [0, 0.1) is 13.8 Å². The molecule has 2 atom stereocenters. The van der Waals surface area contributed by atoms with Crippen LogP contribution in [0.5, 0.6) is 0 Å². The van der Waals surface area contributed by atoms with E-state index >= 15 is 0 Å². The summed E-state index contributed by atoms with van der Waals surface area (Å²) >= 11 is 0. The minimum atomic E-state index is -0.909. The number of hydrogen-bond donors (Lipinski definition) is 2. The lowest BCUT2D eigenvalue weighted by atomic mass is 9.97. The van der Waals surface area contributed by atoms with Gasteiger partial charge in [-0.1, -0.05) is 79.4 Å². The maximum absolute atomic E-state index is 14.1. The summed E-state index contributed by atoms with van der Waals surface area (Å²) in [6, 6.07) is 13.7. The first-order chi connectivity index (χ1) is 17.9. The molecule has 2 unspecified atom stereocenters. The molecule has 0 saturated heterocycles. The highest BCUT2D eigenvalue weighted by molar-refractivity contribution is 5.92. The first-order valence-corrected chi connectivity index (χ1v) is 13.6. The Labute approximate surface area is 228 Å². The van der Waals surface area contributed by atoms with E-state index in [2.05, 4.69) is 17.6 Å². The molecule has 0 saturated carbocycles. The molecule has 2 N–H and O–H groups in total. The van der Waals surface area contributed by atoms with Gasteiger partial charge in [-0.3, -0.25) is 9.59 Å². The minimum absolute atomic E-state index is 0.225. The number of ether oxygens (including phenoxy) is 1. The molecule has 208 valence electrons. The van der Waals surface area contributed by atoms with Gasteiger partial charge in [-0.2, -0.15) is 0 Å². The third kappa shape index (κ3) is 9.84. The Hall–Kier alpha value is -3.35. The lowest BCUT2D eigenvalue weighted by molar-refractivity contribution is -0.142. The predicted octanol–water partition coefficient (Wildman–Crippen LogP) is 5.64. The highest BCUT2D eigenvalue weighted by Crippen LogP contribution is 2.25. The van der Waals surface area contributed by atoms with Gasteiger partial charge in [0.2, 0.25) is 11.8 Å². The van der Waals surface area contributed by atoms with Crippen LogP contribution in [-0.4, -0.2) is 47.5 Å². The summed E-state index contributed by atoms with van der Waals surface area (Å²) in [6.45, 7) is 14.1. The number of alkyl carbamates (subject to hydrolysis) is 1. The zero-order valence-corrected chi connectivity index (χ0v) is 24.1. The lowest BCUT2D eigenvalue weighted by Gasteiger charge is -2.34. The zero-order chi connectivity index (χ0) is 28.3. The summed E-state index contributed by atoms with van der Waals surface area (Å²) in [5, 5.41) is 5.82. The fourth-order valence-corrected chi connectivity index (χ4v) is 4.49. The van der Waals surface area contributed by atoms with Crippen molar-refractivity contribution in [2.75, 3.05) is 13.1 Å². The van der Waals surface area contributed by atoms with Gasteiger partial charge < -0.3 is 20.3 Å². The summed E-state index contributed by atoms with van der Waals surface area (Å²) in [6.07, 6.45) is 2.54. The summed E-state index contributed by atoms with van der Waals surface area (Å²) in [4.78, 5) is 42.0. The number of carbonyl (C=O) groups excluding carboxylic acids is 3. The van der Waals surface area contributed by atoms with Gasteiger partial charge in [0.15, 0.2) is 0 Å². The second kappa shape index (κ2) is 14.6. The Morgan fingerprint density at radius 2 is 1.58 bits per heavy atom. The maximum Gasteiger partial charge on any atom is 0.408 e. The largest absolute Gasteiger partial charge is 0.444 e. The molecule has 7 nitrogen and oxygen atoms in total. The van der Waals surface area contributed by atoms with Gasteiger partial charge >= 0.3 is 6.09 Å². The minimum Gasteiger partial charge on any atom is -0.444 e. The molecule has 2 aromatic carbocycles. The Morgan fingerprint density at radius 3 is 2.13 bits per heavy atom. The molecule has 0 aliphatic rings. The van der Waals surface area contributed by atoms with Crippen molar-refractivity contribution in [2.45, 2.75) is 91.8 Å². The zero-order valence-electron chi connectivity index (χ0n) is 24.1. The Kier molecular flexibility index (Phi) is 11.8. The molecule has 2 aromatic rings. The predicted molar refractivity (Wildman–Crippen MR) is 152 cm³/mol. The average Bonchev–Trinajstić information content (AvgIpc) is 2.83. The molecule has 2 rings (SSSR count). The van der Waals surface area contributed by atoms with Gasteiger partial charge in [0.25, 0.3) is 0 Å². The monoisotopic (exact) mass is 523 g/mol. The van der Waals surface area contributed by atoms with Gasteiger partial charge in [-0.25, -0.2) is 4.79 Å². The quantitative estimate of drug-likeness (QED) is 0.353. The highest BCUT2D eigenvalue weighted by atomic mass is 16.6. The van der Waals surface area contributed by atoms with Crippen LogP contribution in [-0.2, 0) is 20.7 Å². The number of nitrogens with one attached hydrogen (secondary N) is 2. The summed E-state index contributed by atoms with van der Waals surface area (Å²) in [5.74, 6) is -0.563. The van der Waals surface area contributed by atoms with Crippen molar-refractivity contribution in [1.82, 2.24) is 15.5 Å². The lowest BCUT2D eigenvalue weighted by Crippen LogP contribution is -2.53. The van der Waals surface area contributed by atoms with E-state index in [1.165, 1.54) is 0 Å². The second-order valence-corrected chi connectivity index (χ2v) is 10.8. The molecule has 0 aliphatic carbocycles. The Balaban J connectivity index is 2.45. The molecule has 0 aromatic heterocycles. The van der Waals surface area contributed by atoms with Gasteiger partial charge in [0.1, 0.15) is 17.7 Å². The number of rotatable bonds is 12. The number of likely N-dealkylation sites (N-methyl/N-ethyl adjacent to an activating group) is 1. The molecule has 3 amide bonds.